The van der Waals surface area contributed by atoms with Gasteiger partial charge in [-0.05, 0) is 50.7 Å². The molecule has 1 aromatic heterocycles. The zero-order valence-electron chi connectivity index (χ0n) is 17.4. The Morgan fingerprint density at radius 3 is 2.43 bits per heavy atom. The fourth-order valence-electron chi connectivity index (χ4n) is 4.79. The second-order valence-corrected chi connectivity index (χ2v) is 9.93. The molecule has 1 aromatic rings. The first kappa shape index (κ1) is 21.1. The topological polar surface area (TPSA) is 69.3 Å². The average Bonchev–Trinajstić information content (AvgIpc) is 3.35. The molecule has 4 rings (SSSR count). The standard InChI is InChI=1S/C22H26N4O2S2/c1-14-16(12-18-21(28)26(22(29)30-18)15-8-4-5-9-15)19(25-10-6-3-7-11-25)24(2)20(27)17(14)13-23/h12,15H,3-11H2,1-2H3/b18-12+. The van der Waals surface area contributed by atoms with Gasteiger partial charge < -0.3 is 4.90 Å². The Hall–Kier alpha value is -2.11. The molecule has 0 bridgehead atoms. The Kier molecular flexibility index (Phi) is 6.03. The van der Waals surface area contributed by atoms with E-state index >= 15 is 0 Å². The quantitative estimate of drug-likeness (QED) is 0.525. The predicted octanol–water partition coefficient (Wildman–Crippen LogP) is 3.70. The highest BCUT2D eigenvalue weighted by molar-refractivity contribution is 8.26. The SMILES string of the molecule is Cc1c(/C=C2/SC(=S)N(C3CCCC3)C2=O)c(N2CCCCC2)n(C)c(=O)c1C#N. The zero-order chi connectivity index (χ0) is 21.4. The Labute approximate surface area is 186 Å². The maximum Gasteiger partial charge on any atom is 0.270 e. The maximum atomic E-state index is 13.2. The van der Waals surface area contributed by atoms with E-state index in [0.29, 0.717) is 14.8 Å². The predicted molar refractivity (Wildman–Crippen MR) is 124 cm³/mol. The molecule has 1 amide bonds. The highest BCUT2D eigenvalue weighted by atomic mass is 32.2. The fourth-order valence-corrected chi connectivity index (χ4v) is 6.17. The maximum absolute atomic E-state index is 13.2. The molecule has 0 N–H and O–H groups in total. The van der Waals surface area contributed by atoms with Crippen molar-refractivity contribution >= 4 is 46.1 Å². The van der Waals surface area contributed by atoms with Crippen LogP contribution in [0.2, 0.25) is 0 Å². The van der Waals surface area contributed by atoms with Crippen LogP contribution in [0.5, 0.6) is 0 Å². The summed E-state index contributed by atoms with van der Waals surface area (Å²) in [6.07, 6.45) is 9.42. The van der Waals surface area contributed by atoms with E-state index in [1.54, 1.807) is 23.4 Å². The zero-order valence-corrected chi connectivity index (χ0v) is 19.1. The highest BCUT2D eigenvalue weighted by Gasteiger charge is 2.38. The van der Waals surface area contributed by atoms with Gasteiger partial charge in [0.15, 0.2) is 0 Å². The lowest BCUT2D eigenvalue weighted by Gasteiger charge is -2.32. The minimum atomic E-state index is -0.286. The van der Waals surface area contributed by atoms with Crippen LogP contribution in [0, 0.1) is 18.3 Å². The van der Waals surface area contributed by atoms with Crippen LogP contribution < -0.4 is 10.5 Å². The van der Waals surface area contributed by atoms with E-state index in [9.17, 15) is 14.9 Å². The van der Waals surface area contributed by atoms with E-state index < -0.39 is 0 Å². The minimum absolute atomic E-state index is 0.0479. The summed E-state index contributed by atoms with van der Waals surface area (Å²) in [5.41, 5.74) is 1.26. The lowest BCUT2D eigenvalue weighted by Crippen LogP contribution is -2.37. The number of pyridine rings is 1. The van der Waals surface area contributed by atoms with E-state index in [1.165, 1.54) is 18.2 Å². The van der Waals surface area contributed by atoms with Crippen LogP contribution in [0.15, 0.2) is 9.70 Å². The molecular formula is C22H26N4O2S2. The molecule has 3 aliphatic rings. The van der Waals surface area contributed by atoms with Gasteiger partial charge in [0.2, 0.25) is 0 Å². The largest absolute Gasteiger partial charge is 0.357 e. The summed E-state index contributed by atoms with van der Waals surface area (Å²) >= 11 is 6.87. The summed E-state index contributed by atoms with van der Waals surface area (Å²) < 4.78 is 2.18. The van der Waals surface area contributed by atoms with Crippen LogP contribution in [0.4, 0.5) is 5.82 Å². The number of hydrogen-bond acceptors (Lipinski definition) is 6. The van der Waals surface area contributed by atoms with E-state index in [1.807, 2.05) is 6.08 Å². The van der Waals surface area contributed by atoms with E-state index in [0.717, 1.165) is 63.0 Å². The van der Waals surface area contributed by atoms with Crippen LogP contribution in [-0.2, 0) is 11.8 Å². The molecule has 3 fully saturated rings. The molecule has 3 heterocycles. The Morgan fingerprint density at radius 2 is 1.80 bits per heavy atom. The lowest BCUT2D eigenvalue weighted by atomic mass is 10.0. The highest BCUT2D eigenvalue weighted by Crippen LogP contribution is 2.39. The molecule has 2 saturated heterocycles. The van der Waals surface area contributed by atoms with Gasteiger partial charge in [0.25, 0.3) is 11.5 Å². The summed E-state index contributed by atoms with van der Waals surface area (Å²) in [6, 6.07) is 2.26. The monoisotopic (exact) mass is 442 g/mol. The smallest absolute Gasteiger partial charge is 0.270 e. The number of piperidine rings is 1. The number of thiocarbonyl (C=S) groups is 1. The molecule has 158 valence electrons. The van der Waals surface area contributed by atoms with Crippen LogP contribution in [0.25, 0.3) is 6.08 Å². The van der Waals surface area contributed by atoms with Crippen molar-refractivity contribution in [1.82, 2.24) is 9.47 Å². The number of aromatic nitrogens is 1. The van der Waals surface area contributed by atoms with Crippen molar-refractivity contribution < 1.29 is 4.79 Å². The number of rotatable bonds is 3. The first-order valence-corrected chi connectivity index (χ1v) is 11.8. The third kappa shape index (κ3) is 3.58. The van der Waals surface area contributed by atoms with E-state index in [2.05, 4.69) is 11.0 Å². The van der Waals surface area contributed by atoms with Crippen LogP contribution >= 0.6 is 24.0 Å². The third-order valence-corrected chi connectivity index (χ3v) is 7.74. The van der Waals surface area contributed by atoms with Gasteiger partial charge in [-0.15, -0.1) is 0 Å². The summed E-state index contributed by atoms with van der Waals surface area (Å²) in [6.45, 7) is 3.53. The van der Waals surface area contributed by atoms with Gasteiger partial charge in [0.05, 0.1) is 4.91 Å². The van der Waals surface area contributed by atoms with Crippen molar-refractivity contribution in [2.75, 3.05) is 18.0 Å². The average molecular weight is 443 g/mol. The molecule has 6 nitrogen and oxygen atoms in total. The van der Waals surface area contributed by atoms with E-state index in [4.69, 9.17) is 12.2 Å². The molecule has 0 radical (unpaired) electrons. The Bertz CT molecular complexity index is 1030. The normalized spacial score (nSPS) is 21.7. The van der Waals surface area contributed by atoms with Gasteiger partial charge in [0.1, 0.15) is 21.8 Å². The second kappa shape index (κ2) is 8.56. The van der Waals surface area contributed by atoms with Gasteiger partial charge in [0, 0.05) is 31.7 Å². The van der Waals surface area contributed by atoms with Gasteiger partial charge in [-0.3, -0.25) is 19.1 Å². The van der Waals surface area contributed by atoms with Crippen molar-refractivity contribution in [2.45, 2.75) is 57.9 Å². The molecule has 0 aromatic carbocycles. The van der Waals surface area contributed by atoms with Gasteiger partial charge >= 0.3 is 0 Å². The summed E-state index contributed by atoms with van der Waals surface area (Å²) in [7, 11) is 1.72. The van der Waals surface area contributed by atoms with Gasteiger partial charge in [-0.1, -0.05) is 36.8 Å². The molecular weight excluding hydrogens is 416 g/mol. The first-order chi connectivity index (χ1) is 14.4. The molecule has 2 aliphatic heterocycles. The number of amides is 1. The molecule has 8 heteroatoms. The second-order valence-electron chi connectivity index (χ2n) is 8.25. The number of nitriles is 1. The minimum Gasteiger partial charge on any atom is -0.357 e. The number of anilines is 1. The number of hydrogen-bond donors (Lipinski definition) is 0. The summed E-state index contributed by atoms with van der Waals surface area (Å²) in [4.78, 5) is 30.6. The first-order valence-electron chi connectivity index (χ1n) is 10.6. The Morgan fingerprint density at radius 1 is 1.13 bits per heavy atom. The molecule has 0 unspecified atom stereocenters. The van der Waals surface area contributed by atoms with E-state index in [-0.39, 0.29) is 23.1 Å². The van der Waals surface area contributed by atoms with Crippen LogP contribution in [-0.4, -0.2) is 38.8 Å². The molecule has 1 saturated carbocycles. The number of carbonyl (C=O) groups is 1. The van der Waals surface area contributed by atoms with Gasteiger partial charge in [-0.2, -0.15) is 5.26 Å². The lowest BCUT2D eigenvalue weighted by molar-refractivity contribution is -0.123. The van der Waals surface area contributed by atoms with Crippen molar-refractivity contribution in [1.29, 1.82) is 5.26 Å². The number of carbonyl (C=O) groups excluding carboxylic acids is 1. The molecule has 1 aliphatic carbocycles. The Balaban J connectivity index is 1.82. The molecule has 0 spiro atoms. The fraction of sp³-hybridized carbons (Fsp3) is 0.545. The summed E-state index contributed by atoms with van der Waals surface area (Å²) in [5, 5.41) is 9.59. The third-order valence-electron chi connectivity index (χ3n) is 6.41. The van der Waals surface area contributed by atoms with Crippen LogP contribution in [0.3, 0.4) is 0 Å². The number of nitrogens with zero attached hydrogens (tertiary/aromatic N) is 4. The van der Waals surface area contributed by atoms with Crippen molar-refractivity contribution in [3.8, 4) is 6.07 Å². The van der Waals surface area contributed by atoms with Crippen LogP contribution in [0.1, 0.15) is 61.6 Å². The molecule has 30 heavy (non-hydrogen) atoms. The van der Waals surface area contributed by atoms with Gasteiger partial charge in [-0.25, -0.2) is 0 Å². The number of thioether (sulfide) groups is 1. The summed E-state index contributed by atoms with van der Waals surface area (Å²) in [5.74, 6) is 0.746. The van der Waals surface area contributed by atoms with Crippen molar-refractivity contribution in [3.63, 3.8) is 0 Å². The molecule has 0 atom stereocenters. The van der Waals surface area contributed by atoms with Crippen molar-refractivity contribution in [2.24, 2.45) is 7.05 Å². The van der Waals surface area contributed by atoms with Crippen molar-refractivity contribution in [3.05, 3.63) is 31.9 Å².